The van der Waals surface area contributed by atoms with Gasteiger partial charge in [0, 0.05) is 8.95 Å². The van der Waals surface area contributed by atoms with Crippen LogP contribution in [-0.2, 0) is 0 Å². The van der Waals surface area contributed by atoms with E-state index >= 15 is 0 Å². The predicted molar refractivity (Wildman–Crippen MR) is 103 cm³/mol. The van der Waals surface area contributed by atoms with E-state index in [-0.39, 0.29) is 0 Å². The standard InChI is InChI=1S/C17H15Br2N3O2/c1-2-7-24-13-5-3-11(4-6-13)10-21-22-17(23)14-8-12(18)9-15(19)16(14)20/h2-6,8-10H,1,7,20H2,(H,22,23)/b21-10-. The third-order valence-electron chi connectivity index (χ3n) is 2.97. The Morgan fingerprint density at radius 3 is 2.67 bits per heavy atom. The zero-order valence-corrected chi connectivity index (χ0v) is 15.8. The highest BCUT2D eigenvalue weighted by Crippen LogP contribution is 2.28. The van der Waals surface area contributed by atoms with Crippen LogP contribution in [0.3, 0.4) is 0 Å². The van der Waals surface area contributed by atoms with Gasteiger partial charge in [-0.15, -0.1) is 0 Å². The highest BCUT2D eigenvalue weighted by Gasteiger charge is 2.12. The minimum atomic E-state index is -0.392. The highest BCUT2D eigenvalue weighted by molar-refractivity contribution is 9.11. The number of halogens is 2. The number of carbonyl (C=O) groups is 1. The molecule has 0 aliphatic rings. The molecule has 0 atom stereocenters. The number of anilines is 1. The molecule has 2 rings (SSSR count). The Hall–Kier alpha value is -2.12. The molecule has 0 radical (unpaired) electrons. The predicted octanol–water partition coefficient (Wildman–Crippen LogP) is 4.12. The van der Waals surface area contributed by atoms with Crippen LogP contribution in [0.5, 0.6) is 5.75 Å². The van der Waals surface area contributed by atoms with Crippen molar-refractivity contribution in [3.05, 3.63) is 69.1 Å². The number of ether oxygens (including phenoxy) is 1. The van der Waals surface area contributed by atoms with Crippen molar-refractivity contribution >= 4 is 49.7 Å². The van der Waals surface area contributed by atoms with Gasteiger partial charge in [-0.05, 0) is 57.9 Å². The number of nitrogens with two attached hydrogens (primary N) is 1. The lowest BCUT2D eigenvalue weighted by atomic mass is 10.2. The number of hydrogen-bond acceptors (Lipinski definition) is 4. The lowest BCUT2D eigenvalue weighted by Crippen LogP contribution is -2.19. The van der Waals surface area contributed by atoms with Crippen molar-refractivity contribution in [1.29, 1.82) is 0 Å². The van der Waals surface area contributed by atoms with Gasteiger partial charge >= 0.3 is 0 Å². The van der Waals surface area contributed by atoms with Crippen molar-refractivity contribution in [1.82, 2.24) is 5.43 Å². The van der Waals surface area contributed by atoms with Gasteiger partial charge in [-0.2, -0.15) is 5.10 Å². The molecule has 0 bridgehead atoms. The molecule has 0 aliphatic heterocycles. The first-order valence-electron chi connectivity index (χ1n) is 6.93. The molecule has 7 heteroatoms. The van der Waals surface area contributed by atoms with E-state index in [9.17, 15) is 4.79 Å². The van der Waals surface area contributed by atoms with Crippen LogP contribution in [0.2, 0.25) is 0 Å². The molecule has 0 aromatic heterocycles. The number of nitrogens with one attached hydrogen (secondary N) is 1. The van der Waals surface area contributed by atoms with Gasteiger partial charge in [0.15, 0.2) is 0 Å². The molecule has 0 aliphatic carbocycles. The van der Waals surface area contributed by atoms with Crippen LogP contribution < -0.4 is 15.9 Å². The van der Waals surface area contributed by atoms with Crippen LogP contribution in [-0.4, -0.2) is 18.7 Å². The fourth-order valence-corrected chi connectivity index (χ4v) is 3.03. The van der Waals surface area contributed by atoms with E-state index in [1.54, 1.807) is 24.4 Å². The largest absolute Gasteiger partial charge is 0.490 e. The third kappa shape index (κ3) is 4.94. The summed E-state index contributed by atoms with van der Waals surface area (Å²) in [5, 5.41) is 3.94. The molecule has 0 spiro atoms. The molecule has 3 N–H and O–H groups in total. The second-order valence-corrected chi connectivity index (χ2v) is 6.49. The number of hydrogen-bond donors (Lipinski definition) is 2. The van der Waals surface area contributed by atoms with Crippen molar-refractivity contribution in [3.8, 4) is 5.75 Å². The summed E-state index contributed by atoms with van der Waals surface area (Å²) in [6, 6.07) is 10.7. The smallest absolute Gasteiger partial charge is 0.273 e. The first-order chi connectivity index (χ1) is 11.5. The van der Waals surface area contributed by atoms with Gasteiger partial charge in [0.25, 0.3) is 5.91 Å². The minimum absolute atomic E-state index is 0.335. The zero-order valence-electron chi connectivity index (χ0n) is 12.6. The average molecular weight is 453 g/mol. The summed E-state index contributed by atoms with van der Waals surface area (Å²) in [6.07, 6.45) is 3.22. The van der Waals surface area contributed by atoms with Gasteiger partial charge in [-0.3, -0.25) is 4.79 Å². The zero-order chi connectivity index (χ0) is 17.5. The van der Waals surface area contributed by atoms with E-state index in [0.29, 0.717) is 22.3 Å². The second-order valence-electron chi connectivity index (χ2n) is 4.72. The van der Waals surface area contributed by atoms with Crippen molar-refractivity contribution in [2.75, 3.05) is 12.3 Å². The van der Waals surface area contributed by atoms with Gasteiger partial charge in [0.05, 0.1) is 17.5 Å². The molecule has 0 saturated heterocycles. The lowest BCUT2D eigenvalue weighted by molar-refractivity contribution is 0.0956. The Morgan fingerprint density at radius 2 is 2.00 bits per heavy atom. The molecular weight excluding hydrogens is 438 g/mol. The van der Waals surface area contributed by atoms with Crippen molar-refractivity contribution in [2.24, 2.45) is 5.10 Å². The van der Waals surface area contributed by atoms with Crippen molar-refractivity contribution in [3.63, 3.8) is 0 Å². The molecule has 0 saturated carbocycles. The summed E-state index contributed by atoms with van der Waals surface area (Å²) in [4.78, 5) is 12.2. The number of carbonyl (C=O) groups excluding carboxylic acids is 1. The SMILES string of the molecule is C=CCOc1ccc(/C=N\NC(=O)c2cc(Br)cc(Br)c2N)cc1. The van der Waals surface area contributed by atoms with E-state index < -0.39 is 5.91 Å². The fraction of sp³-hybridized carbons (Fsp3) is 0.0588. The van der Waals surface area contributed by atoms with Crippen molar-refractivity contribution in [2.45, 2.75) is 0 Å². The summed E-state index contributed by atoms with van der Waals surface area (Å²) in [5.74, 6) is 0.347. The van der Waals surface area contributed by atoms with Crippen LogP contribution in [0.25, 0.3) is 0 Å². The van der Waals surface area contributed by atoms with Gasteiger partial charge in [-0.1, -0.05) is 28.6 Å². The number of nitrogens with zero attached hydrogens (tertiary/aromatic N) is 1. The number of benzene rings is 2. The summed E-state index contributed by atoms with van der Waals surface area (Å²) >= 11 is 6.63. The number of amides is 1. The normalized spacial score (nSPS) is 10.6. The molecule has 0 unspecified atom stereocenters. The third-order valence-corrected chi connectivity index (χ3v) is 4.08. The van der Waals surface area contributed by atoms with Gasteiger partial charge in [0.1, 0.15) is 12.4 Å². The Kier molecular flexibility index (Phi) is 6.57. The molecule has 2 aromatic carbocycles. The van der Waals surface area contributed by atoms with E-state index in [1.165, 1.54) is 0 Å². The molecule has 2 aromatic rings. The summed E-state index contributed by atoms with van der Waals surface area (Å²) in [5.41, 5.74) is 9.86. The van der Waals surface area contributed by atoms with Crippen LogP contribution in [0.1, 0.15) is 15.9 Å². The van der Waals surface area contributed by atoms with Crippen LogP contribution in [0, 0.1) is 0 Å². The molecule has 5 nitrogen and oxygen atoms in total. The maximum atomic E-state index is 12.2. The molecule has 0 heterocycles. The molecule has 1 amide bonds. The first-order valence-corrected chi connectivity index (χ1v) is 8.51. The lowest BCUT2D eigenvalue weighted by Gasteiger charge is -2.07. The topological polar surface area (TPSA) is 76.7 Å². The number of nitrogen functional groups attached to an aromatic ring is 1. The monoisotopic (exact) mass is 451 g/mol. The molecule has 24 heavy (non-hydrogen) atoms. The Labute approximate surface area is 156 Å². The van der Waals surface area contributed by atoms with Crippen LogP contribution >= 0.6 is 31.9 Å². The average Bonchev–Trinajstić information content (AvgIpc) is 2.57. The fourth-order valence-electron chi connectivity index (χ4n) is 1.80. The maximum absolute atomic E-state index is 12.2. The van der Waals surface area contributed by atoms with Crippen molar-refractivity contribution < 1.29 is 9.53 Å². The highest BCUT2D eigenvalue weighted by atomic mass is 79.9. The number of rotatable bonds is 6. The molecule has 0 fully saturated rings. The molecule has 124 valence electrons. The summed E-state index contributed by atoms with van der Waals surface area (Å²) < 4.78 is 6.77. The van der Waals surface area contributed by atoms with E-state index in [0.717, 1.165) is 15.8 Å². The van der Waals surface area contributed by atoms with Gasteiger partial charge < -0.3 is 10.5 Å². The Balaban J connectivity index is 2.01. The quantitative estimate of drug-likeness (QED) is 0.299. The second kappa shape index (κ2) is 8.65. The van der Waals surface area contributed by atoms with Crippen LogP contribution in [0.15, 0.2) is 63.1 Å². The Morgan fingerprint density at radius 1 is 1.29 bits per heavy atom. The van der Waals surface area contributed by atoms with Crippen LogP contribution in [0.4, 0.5) is 5.69 Å². The van der Waals surface area contributed by atoms with Gasteiger partial charge in [-0.25, -0.2) is 5.43 Å². The number of hydrazone groups is 1. The van der Waals surface area contributed by atoms with E-state index in [2.05, 4.69) is 49.0 Å². The minimum Gasteiger partial charge on any atom is -0.490 e. The van der Waals surface area contributed by atoms with Gasteiger partial charge in [0.2, 0.25) is 0 Å². The maximum Gasteiger partial charge on any atom is 0.273 e. The van der Waals surface area contributed by atoms with E-state index in [4.69, 9.17) is 10.5 Å². The summed E-state index contributed by atoms with van der Waals surface area (Å²) in [7, 11) is 0. The van der Waals surface area contributed by atoms with E-state index in [1.807, 2.05) is 24.3 Å². The first kappa shape index (κ1) is 18.2. The molecular formula is C17H15Br2N3O2. The summed E-state index contributed by atoms with van der Waals surface area (Å²) in [6.45, 7) is 4.04. The Bertz CT molecular complexity index is 774.